The summed E-state index contributed by atoms with van der Waals surface area (Å²) in [7, 11) is 0. The van der Waals surface area contributed by atoms with Crippen LogP contribution in [0.4, 0.5) is 5.13 Å². The molecule has 110 valence electrons. The number of hydrogen-bond acceptors (Lipinski definition) is 3. The monoisotopic (exact) mass is 315 g/mol. The molecular formula is C19H13N3S. The lowest BCUT2D eigenvalue weighted by Gasteiger charge is -2.07. The van der Waals surface area contributed by atoms with Crippen molar-refractivity contribution < 1.29 is 0 Å². The van der Waals surface area contributed by atoms with Crippen molar-refractivity contribution in [2.45, 2.75) is 0 Å². The zero-order chi connectivity index (χ0) is 15.4. The van der Waals surface area contributed by atoms with Crippen LogP contribution in [0.5, 0.6) is 0 Å². The molecule has 2 aromatic heterocycles. The van der Waals surface area contributed by atoms with Crippen LogP contribution in [0.2, 0.25) is 0 Å². The van der Waals surface area contributed by atoms with E-state index in [9.17, 15) is 0 Å². The van der Waals surface area contributed by atoms with Crippen LogP contribution in [0.15, 0.2) is 66.7 Å². The Morgan fingerprint density at radius 3 is 2.17 bits per heavy atom. The molecule has 0 saturated carbocycles. The molecule has 0 spiro atoms. The third-order valence-electron chi connectivity index (χ3n) is 4.23. The SMILES string of the molecule is Nc1nc2ccc(-n3c4ccccc4c4ccccc43)cc2s1. The summed E-state index contributed by atoms with van der Waals surface area (Å²) in [6, 6.07) is 23.4. The van der Waals surface area contributed by atoms with Crippen LogP contribution in [-0.2, 0) is 0 Å². The molecule has 4 heteroatoms. The average Bonchev–Trinajstić information content (AvgIpc) is 3.11. The van der Waals surface area contributed by atoms with Gasteiger partial charge in [0.2, 0.25) is 0 Å². The van der Waals surface area contributed by atoms with Crippen LogP contribution < -0.4 is 5.73 Å². The molecule has 0 aliphatic heterocycles. The molecule has 0 bridgehead atoms. The Morgan fingerprint density at radius 2 is 1.48 bits per heavy atom. The van der Waals surface area contributed by atoms with E-state index in [1.54, 1.807) is 0 Å². The number of nitrogens with two attached hydrogens (primary N) is 1. The van der Waals surface area contributed by atoms with E-state index in [1.807, 2.05) is 6.07 Å². The molecule has 5 rings (SSSR count). The number of benzene rings is 3. The molecule has 2 N–H and O–H groups in total. The van der Waals surface area contributed by atoms with Gasteiger partial charge in [-0.1, -0.05) is 47.7 Å². The van der Waals surface area contributed by atoms with E-state index < -0.39 is 0 Å². The van der Waals surface area contributed by atoms with Crippen molar-refractivity contribution >= 4 is 48.5 Å². The number of thiazole rings is 1. The predicted octanol–water partition coefficient (Wildman–Crippen LogP) is 4.98. The van der Waals surface area contributed by atoms with Gasteiger partial charge in [0, 0.05) is 16.5 Å². The number of para-hydroxylation sites is 2. The summed E-state index contributed by atoms with van der Waals surface area (Å²) >= 11 is 1.53. The molecule has 3 aromatic carbocycles. The summed E-state index contributed by atoms with van der Waals surface area (Å²) in [5.41, 5.74) is 10.4. The molecule has 23 heavy (non-hydrogen) atoms. The van der Waals surface area contributed by atoms with Gasteiger partial charge in [0.25, 0.3) is 0 Å². The number of nitrogen functional groups attached to an aromatic ring is 1. The second kappa shape index (κ2) is 4.57. The van der Waals surface area contributed by atoms with Gasteiger partial charge in [0.1, 0.15) is 0 Å². The Balaban J connectivity index is 1.92. The van der Waals surface area contributed by atoms with E-state index in [4.69, 9.17) is 5.73 Å². The summed E-state index contributed by atoms with van der Waals surface area (Å²) < 4.78 is 3.42. The van der Waals surface area contributed by atoms with Crippen molar-refractivity contribution in [1.29, 1.82) is 0 Å². The van der Waals surface area contributed by atoms with E-state index in [0.29, 0.717) is 5.13 Å². The van der Waals surface area contributed by atoms with Crippen molar-refractivity contribution in [2.75, 3.05) is 5.73 Å². The molecule has 0 amide bonds. The maximum Gasteiger partial charge on any atom is 0.181 e. The van der Waals surface area contributed by atoms with Crippen LogP contribution in [-0.4, -0.2) is 9.55 Å². The number of aromatic nitrogens is 2. The predicted molar refractivity (Wildman–Crippen MR) is 98.4 cm³/mol. The summed E-state index contributed by atoms with van der Waals surface area (Å²) in [5, 5.41) is 3.15. The summed E-state index contributed by atoms with van der Waals surface area (Å²) in [5.74, 6) is 0. The number of anilines is 1. The first-order chi connectivity index (χ1) is 11.3. The van der Waals surface area contributed by atoms with Crippen LogP contribution >= 0.6 is 11.3 Å². The quantitative estimate of drug-likeness (QED) is 0.474. The topological polar surface area (TPSA) is 43.8 Å². The van der Waals surface area contributed by atoms with Gasteiger partial charge in [-0.05, 0) is 30.3 Å². The molecule has 0 aliphatic rings. The fraction of sp³-hybridized carbons (Fsp3) is 0. The molecule has 0 fully saturated rings. The highest BCUT2D eigenvalue weighted by molar-refractivity contribution is 7.22. The van der Waals surface area contributed by atoms with E-state index in [-0.39, 0.29) is 0 Å². The fourth-order valence-electron chi connectivity index (χ4n) is 3.27. The van der Waals surface area contributed by atoms with Crippen LogP contribution in [0, 0.1) is 0 Å². The highest BCUT2D eigenvalue weighted by Crippen LogP contribution is 2.33. The van der Waals surface area contributed by atoms with E-state index in [0.717, 1.165) is 15.9 Å². The van der Waals surface area contributed by atoms with Gasteiger partial charge in [-0.25, -0.2) is 4.98 Å². The average molecular weight is 315 g/mol. The van der Waals surface area contributed by atoms with Crippen LogP contribution in [0.3, 0.4) is 0 Å². The van der Waals surface area contributed by atoms with Crippen molar-refractivity contribution in [2.24, 2.45) is 0 Å². The zero-order valence-electron chi connectivity index (χ0n) is 12.2. The first-order valence-corrected chi connectivity index (χ1v) is 8.27. The van der Waals surface area contributed by atoms with Gasteiger partial charge in [0.05, 0.1) is 21.3 Å². The Morgan fingerprint density at radius 1 is 0.826 bits per heavy atom. The highest BCUT2D eigenvalue weighted by Gasteiger charge is 2.12. The van der Waals surface area contributed by atoms with Crippen molar-refractivity contribution in [3.05, 3.63) is 66.7 Å². The first kappa shape index (κ1) is 12.7. The van der Waals surface area contributed by atoms with E-state index in [2.05, 4.69) is 70.2 Å². The third-order valence-corrected chi connectivity index (χ3v) is 5.07. The molecule has 2 heterocycles. The molecule has 0 atom stereocenters. The minimum atomic E-state index is 0.611. The second-order valence-corrected chi connectivity index (χ2v) is 6.64. The zero-order valence-corrected chi connectivity index (χ0v) is 13.0. The third kappa shape index (κ3) is 1.79. The summed E-state index contributed by atoms with van der Waals surface area (Å²) in [6.07, 6.45) is 0. The standard InChI is InChI=1S/C19H13N3S/c20-19-21-15-10-9-12(11-18(15)23-19)22-16-7-3-1-5-13(16)14-6-2-4-8-17(14)22/h1-11H,(H2,20,21). The number of rotatable bonds is 1. The Labute approximate surface area is 136 Å². The van der Waals surface area contributed by atoms with Gasteiger partial charge < -0.3 is 10.3 Å². The lowest BCUT2D eigenvalue weighted by atomic mass is 10.2. The largest absolute Gasteiger partial charge is 0.375 e. The smallest absolute Gasteiger partial charge is 0.181 e. The molecule has 0 aliphatic carbocycles. The summed E-state index contributed by atoms with van der Waals surface area (Å²) in [6.45, 7) is 0. The molecule has 3 nitrogen and oxygen atoms in total. The van der Waals surface area contributed by atoms with Crippen molar-refractivity contribution in [3.63, 3.8) is 0 Å². The normalized spacial score (nSPS) is 11.7. The van der Waals surface area contributed by atoms with Gasteiger partial charge in [-0.2, -0.15) is 0 Å². The van der Waals surface area contributed by atoms with Crippen molar-refractivity contribution in [3.8, 4) is 5.69 Å². The Kier molecular flexibility index (Phi) is 2.52. The summed E-state index contributed by atoms with van der Waals surface area (Å²) in [4.78, 5) is 4.35. The molecule has 5 aromatic rings. The first-order valence-electron chi connectivity index (χ1n) is 7.46. The second-order valence-electron chi connectivity index (χ2n) is 5.57. The van der Waals surface area contributed by atoms with Gasteiger partial charge >= 0.3 is 0 Å². The highest BCUT2D eigenvalue weighted by atomic mass is 32.1. The lowest BCUT2D eigenvalue weighted by Crippen LogP contribution is -1.93. The van der Waals surface area contributed by atoms with Gasteiger partial charge in [-0.3, -0.25) is 0 Å². The minimum absolute atomic E-state index is 0.611. The van der Waals surface area contributed by atoms with Crippen molar-refractivity contribution in [1.82, 2.24) is 9.55 Å². The van der Waals surface area contributed by atoms with Gasteiger partial charge in [-0.15, -0.1) is 0 Å². The maximum atomic E-state index is 5.84. The lowest BCUT2D eigenvalue weighted by molar-refractivity contribution is 1.19. The van der Waals surface area contributed by atoms with Gasteiger partial charge in [0.15, 0.2) is 5.13 Å². The molecule has 0 unspecified atom stereocenters. The fourth-order valence-corrected chi connectivity index (χ4v) is 4.04. The maximum absolute atomic E-state index is 5.84. The molecule has 0 radical (unpaired) electrons. The minimum Gasteiger partial charge on any atom is -0.375 e. The van der Waals surface area contributed by atoms with E-state index in [1.165, 1.54) is 33.1 Å². The van der Waals surface area contributed by atoms with Crippen LogP contribution in [0.1, 0.15) is 0 Å². The van der Waals surface area contributed by atoms with Crippen LogP contribution in [0.25, 0.3) is 37.7 Å². The number of hydrogen-bond donors (Lipinski definition) is 1. The molecular weight excluding hydrogens is 302 g/mol. The van der Waals surface area contributed by atoms with E-state index >= 15 is 0 Å². The Hall–Kier alpha value is -2.85. The number of fused-ring (bicyclic) bond motifs is 4. The molecule has 0 saturated heterocycles. The number of nitrogens with zero attached hydrogens (tertiary/aromatic N) is 2. The Bertz CT molecular complexity index is 1130.